The Kier molecular flexibility index (Phi) is 6.74. The second-order valence-corrected chi connectivity index (χ2v) is 14.5. The molecule has 4 rings (SSSR count). The number of hydrogen-bond donors (Lipinski definition) is 1. The number of amides is 1. The molecular weight excluding hydrogens is 416 g/mol. The maximum absolute atomic E-state index is 11.0. The van der Waals surface area contributed by atoms with Gasteiger partial charge in [0.05, 0.1) is 6.10 Å². The second-order valence-electron chi connectivity index (χ2n) is 10.2. The first-order valence-corrected chi connectivity index (χ1v) is 13.7. The predicted octanol–water partition coefficient (Wildman–Crippen LogP) is 3.65. The van der Waals surface area contributed by atoms with Gasteiger partial charge in [-0.15, -0.1) is 0 Å². The van der Waals surface area contributed by atoms with E-state index in [0.717, 1.165) is 38.8 Å². The second kappa shape index (κ2) is 9.38. The molecule has 6 heteroatoms. The van der Waals surface area contributed by atoms with Gasteiger partial charge in [-0.3, -0.25) is 4.90 Å². The van der Waals surface area contributed by atoms with Gasteiger partial charge < -0.3 is 14.9 Å². The van der Waals surface area contributed by atoms with Crippen molar-refractivity contribution in [2.75, 3.05) is 13.1 Å². The summed E-state index contributed by atoms with van der Waals surface area (Å²) in [5.74, 6) is 0. The van der Waals surface area contributed by atoms with E-state index in [-0.39, 0.29) is 17.2 Å². The fraction of sp³-hybridized carbons (Fsp3) is 0.500. The highest BCUT2D eigenvalue weighted by Gasteiger charge is 2.53. The summed E-state index contributed by atoms with van der Waals surface area (Å²) in [6, 6.07) is 22.2. The molecular formula is C26H36N2O3Si. The minimum atomic E-state index is -2.49. The van der Waals surface area contributed by atoms with Crippen LogP contribution in [-0.4, -0.2) is 50.6 Å². The minimum absolute atomic E-state index is 0.000284. The van der Waals surface area contributed by atoms with E-state index < -0.39 is 14.4 Å². The lowest BCUT2D eigenvalue weighted by Gasteiger charge is -2.52. The molecule has 5 nitrogen and oxygen atoms in total. The zero-order chi connectivity index (χ0) is 22.8. The van der Waals surface area contributed by atoms with Crippen molar-refractivity contribution >= 4 is 24.8 Å². The van der Waals surface area contributed by atoms with E-state index in [2.05, 4.69) is 86.3 Å². The highest BCUT2D eigenvalue weighted by Crippen LogP contribution is 2.39. The molecule has 0 aromatic heterocycles. The first-order chi connectivity index (χ1) is 15.3. The third-order valence-corrected chi connectivity index (χ3v) is 12.2. The molecule has 0 atom stereocenters. The zero-order valence-electron chi connectivity index (χ0n) is 19.5. The van der Waals surface area contributed by atoms with Crippen LogP contribution in [0.25, 0.3) is 0 Å². The number of nitrogens with zero attached hydrogens (tertiary/aromatic N) is 1. The van der Waals surface area contributed by atoms with E-state index in [0.29, 0.717) is 6.04 Å². The van der Waals surface area contributed by atoms with Gasteiger partial charge in [0.25, 0.3) is 8.32 Å². The zero-order valence-corrected chi connectivity index (χ0v) is 20.5. The molecule has 1 saturated carbocycles. The van der Waals surface area contributed by atoms with Crippen LogP contribution < -0.4 is 16.1 Å². The number of nitrogens with two attached hydrogens (primary N) is 1. The third kappa shape index (κ3) is 4.63. The van der Waals surface area contributed by atoms with Gasteiger partial charge in [-0.25, -0.2) is 4.79 Å². The highest BCUT2D eigenvalue weighted by atomic mass is 28.4. The molecule has 0 unspecified atom stereocenters. The summed E-state index contributed by atoms with van der Waals surface area (Å²) >= 11 is 0. The van der Waals surface area contributed by atoms with E-state index >= 15 is 0 Å². The summed E-state index contributed by atoms with van der Waals surface area (Å²) in [5.41, 5.74) is 5.18. The molecule has 2 fully saturated rings. The Labute approximate surface area is 193 Å². The molecule has 1 aliphatic carbocycles. The average Bonchev–Trinajstić information content (AvgIpc) is 2.74. The third-order valence-electron chi connectivity index (χ3n) is 7.08. The highest BCUT2D eigenvalue weighted by molar-refractivity contribution is 6.99. The van der Waals surface area contributed by atoms with Crippen molar-refractivity contribution in [2.45, 2.75) is 69.7 Å². The normalized spacial score (nSPS) is 22.8. The standard InChI is InChI=1S/C26H36N2O3Si/c1-26(2,3)32(23-10-6-4-7-11-23,24-12-8-5-9-13-24)31-22-18-28(19-22)20-14-16-21(17-15-20)30-25(27)29/h4-13,20-22H,14-19H2,1-3H3,(H2,27,29). The van der Waals surface area contributed by atoms with Crippen LogP contribution in [0.3, 0.4) is 0 Å². The molecule has 2 aromatic carbocycles. The summed E-state index contributed by atoms with van der Waals surface area (Å²) in [6.45, 7) is 8.92. The Hall–Kier alpha value is -2.15. The molecule has 1 heterocycles. The number of carbonyl (C=O) groups excluding carboxylic acids is 1. The molecule has 1 saturated heterocycles. The van der Waals surface area contributed by atoms with Crippen molar-refractivity contribution in [1.29, 1.82) is 0 Å². The van der Waals surface area contributed by atoms with E-state index in [1.165, 1.54) is 10.4 Å². The molecule has 1 amide bonds. The van der Waals surface area contributed by atoms with Crippen LogP contribution in [0, 0.1) is 0 Å². The van der Waals surface area contributed by atoms with Crippen LogP contribution in [0.4, 0.5) is 4.79 Å². The fourth-order valence-electron chi connectivity index (χ4n) is 5.48. The predicted molar refractivity (Wildman–Crippen MR) is 131 cm³/mol. The molecule has 2 N–H and O–H groups in total. The molecule has 2 aliphatic rings. The van der Waals surface area contributed by atoms with Gasteiger partial charge in [-0.05, 0) is 41.1 Å². The Morgan fingerprint density at radius 2 is 1.38 bits per heavy atom. The van der Waals surface area contributed by atoms with Gasteiger partial charge in [0, 0.05) is 19.1 Å². The molecule has 2 aromatic rings. The van der Waals surface area contributed by atoms with Gasteiger partial charge in [-0.2, -0.15) is 0 Å². The monoisotopic (exact) mass is 452 g/mol. The summed E-state index contributed by atoms with van der Waals surface area (Å²) in [7, 11) is -2.49. The number of likely N-dealkylation sites (tertiary alicyclic amines) is 1. The van der Waals surface area contributed by atoms with Crippen LogP contribution in [-0.2, 0) is 9.16 Å². The quantitative estimate of drug-likeness (QED) is 0.680. The van der Waals surface area contributed by atoms with Gasteiger partial charge in [0.1, 0.15) is 6.10 Å². The number of rotatable bonds is 6. The number of ether oxygens (including phenoxy) is 1. The number of carbonyl (C=O) groups is 1. The van der Waals surface area contributed by atoms with Crippen LogP contribution >= 0.6 is 0 Å². The van der Waals surface area contributed by atoms with Crippen LogP contribution in [0.2, 0.25) is 5.04 Å². The SMILES string of the molecule is CC(C)(C)[Si](OC1CN(C2CCC(OC(N)=O)CC2)C1)(c1ccccc1)c1ccccc1. The molecule has 1 aliphatic heterocycles. The Morgan fingerprint density at radius 1 is 0.875 bits per heavy atom. The maximum Gasteiger partial charge on any atom is 0.404 e. The van der Waals surface area contributed by atoms with Crippen molar-refractivity contribution in [3.05, 3.63) is 60.7 Å². The Morgan fingerprint density at radius 3 is 1.81 bits per heavy atom. The molecule has 32 heavy (non-hydrogen) atoms. The van der Waals surface area contributed by atoms with E-state index in [9.17, 15) is 4.79 Å². The lowest BCUT2D eigenvalue weighted by molar-refractivity contribution is -0.0357. The van der Waals surface area contributed by atoms with Gasteiger partial charge in [-0.1, -0.05) is 81.4 Å². The van der Waals surface area contributed by atoms with E-state index in [1.54, 1.807) is 0 Å². The van der Waals surface area contributed by atoms with Crippen molar-refractivity contribution in [3.8, 4) is 0 Å². The molecule has 0 radical (unpaired) electrons. The topological polar surface area (TPSA) is 64.8 Å². The lowest BCUT2D eigenvalue weighted by Crippen LogP contribution is -2.71. The lowest BCUT2D eigenvalue weighted by atomic mass is 9.90. The Balaban J connectivity index is 1.49. The first-order valence-electron chi connectivity index (χ1n) is 11.8. The average molecular weight is 453 g/mol. The molecule has 172 valence electrons. The summed E-state index contributed by atoms with van der Waals surface area (Å²) < 4.78 is 12.4. The van der Waals surface area contributed by atoms with Crippen LogP contribution in [0.15, 0.2) is 60.7 Å². The van der Waals surface area contributed by atoms with E-state index in [4.69, 9.17) is 14.9 Å². The minimum Gasteiger partial charge on any atom is -0.446 e. The maximum atomic E-state index is 11.0. The van der Waals surface area contributed by atoms with Gasteiger partial charge in [0.2, 0.25) is 0 Å². The fourth-order valence-corrected chi connectivity index (χ4v) is 10.1. The van der Waals surface area contributed by atoms with Crippen LogP contribution in [0.5, 0.6) is 0 Å². The number of primary amides is 1. The first kappa shape index (κ1) is 23.0. The smallest absolute Gasteiger partial charge is 0.404 e. The van der Waals surface area contributed by atoms with Gasteiger partial charge >= 0.3 is 6.09 Å². The van der Waals surface area contributed by atoms with Crippen molar-refractivity contribution in [1.82, 2.24) is 4.90 Å². The van der Waals surface area contributed by atoms with Gasteiger partial charge in [0.15, 0.2) is 0 Å². The molecule has 0 bridgehead atoms. The summed E-state index contributed by atoms with van der Waals surface area (Å²) in [5, 5.41) is 2.67. The largest absolute Gasteiger partial charge is 0.446 e. The van der Waals surface area contributed by atoms with Crippen molar-refractivity contribution in [2.24, 2.45) is 5.73 Å². The van der Waals surface area contributed by atoms with E-state index in [1.807, 2.05) is 0 Å². The molecule has 0 spiro atoms. The Bertz CT molecular complexity index is 847. The number of hydrogen-bond acceptors (Lipinski definition) is 4. The number of benzene rings is 2. The van der Waals surface area contributed by atoms with Crippen molar-refractivity contribution in [3.63, 3.8) is 0 Å². The summed E-state index contributed by atoms with van der Waals surface area (Å²) in [4.78, 5) is 13.6. The van der Waals surface area contributed by atoms with Crippen LogP contribution in [0.1, 0.15) is 46.5 Å². The van der Waals surface area contributed by atoms with Crippen molar-refractivity contribution < 1.29 is 14.0 Å². The summed E-state index contributed by atoms with van der Waals surface area (Å²) in [6.07, 6.45) is 3.44.